The molecule has 44 valence electrons. The van der Waals surface area contributed by atoms with Gasteiger partial charge in [-0.3, -0.25) is 5.41 Å². The van der Waals surface area contributed by atoms with Crippen molar-refractivity contribution < 1.29 is 0 Å². The van der Waals surface area contributed by atoms with Crippen LogP contribution in [0.5, 0.6) is 0 Å². The first kappa shape index (κ1) is 5.30. The smallest absolute Gasteiger partial charge is 0.221 e. The summed E-state index contributed by atoms with van der Waals surface area (Å²) in [5.41, 5.74) is 0. The molecule has 0 atom stereocenters. The van der Waals surface area contributed by atoms with Gasteiger partial charge in [-0.2, -0.15) is 4.79 Å². The summed E-state index contributed by atoms with van der Waals surface area (Å²) in [5.74, 6) is 5.17. The van der Waals surface area contributed by atoms with Crippen LogP contribution in [0.3, 0.4) is 0 Å². The molecule has 0 saturated heterocycles. The van der Waals surface area contributed by atoms with Gasteiger partial charge in [-0.1, -0.05) is 11.3 Å². The van der Waals surface area contributed by atoms with Crippen molar-refractivity contribution in [2.24, 2.45) is 0 Å². The van der Waals surface area contributed by atoms with E-state index in [4.69, 9.17) is 11.3 Å². The van der Waals surface area contributed by atoms with Crippen molar-refractivity contribution in [3.8, 4) is 0 Å². The van der Waals surface area contributed by atoms with E-state index in [9.17, 15) is 0 Å². The summed E-state index contributed by atoms with van der Waals surface area (Å²) in [7, 11) is 0. The van der Waals surface area contributed by atoms with Crippen LogP contribution >= 0.6 is 11.3 Å². The molecule has 0 aliphatic heterocycles. The molecule has 0 spiro atoms. The van der Waals surface area contributed by atoms with E-state index in [0.717, 1.165) is 9.80 Å². The monoisotopic (exact) mass is 130 g/mol. The average Bonchev–Trinajstić information content (AvgIpc) is 1.85. The van der Waals surface area contributed by atoms with Crippen LogP contribution in [0, 0.1) is 12.3 Å². The minimum atomic E-state index is 0.280. The molecule has 0 aromatic carbocycles. The van der Waals surface area contributed by atoms with Crippen molar-refractivity contribution in [2.75, 3.05) is 5.84 Å². The number of nitrogen functional groups attached to an aromatic ring is 1. The zero-order valence-electron chi connectivity index (χ0n) is 4.38. The molecular formula is C3H6N4S. The molecule has 1 heterocycles. The molecule has 0 amide bonds. The van der Waals surface area contributed by atoms with Crippen LogP contribution in [0.15, 0.2) is 0 Å². The maximum Gasteiger partial charge on any atom is 0.221 e. The fourth-order valence-electron chi connectivity index (χ4n) is 0.404. The Morgan fingerprint density at radius 2 is 2.50 bits per heavy atom. The molecule has 0 aliphatic rings. The third-order valence-corrected chi connectivity index (χ3v) is 1.46. The highest BCUT2D eigenvalue weighted by Gasteiger charge is 1.90. The number of rotatable bonds is 0. The zero-order chi connectivity index (χ0) is 6.15. The van der Waals surface area contributed by atoms with E-state index in [1.807, 2.05) is 6.92 Å². The maximum atomic E-state index is 7.03. The summed E-state index contributed by atoms with van der Waals surface area (Å²) < 4.78 is 0. The van der Waals surface area contributed by atoms with Crippen molar-refractivity contribution in [3.05, 3.63) is 9.81 Å². The Hall–Kier alpha value is -0.840. The van der Waals surface area contributed by atoms with E-state index in [-0.39, 0.29) is 4.80 Å². The van der Waals surface area contributed by atoms with Gasteiger partial charge in [0.15, 0.2) is 0 Å². The number of aromatic nitrogens is 2. The predicted octanol–water partition coefficient (Wildman–Crippen LogP) is -0.554. The number of nitrogens with zero attached hydrogens (tertiary/aromatic N) is 2. The van der Waals surface area contributed by atoms with Gasteiger partial charge in [-0.15, -0.1) is 5.10 Å². The number of hydrogen-bond donors (Lipinski definition) is 2. The summed E-state index contributed by atoms with van der Waals surface area (Å²) in [6.45, 7) is 1.81. The van der Waals surface area contributed by atoms with Crippen LogP contribution in [0.25, 0.3) is 0 Å². The minimum absolute atomic E-state index is 0.280. The van der Waals surface area contributed by atoms with Crippen LogP contribution in [-0.2, 0) is 0 Å². The van der Waals surface area contributed by atoms with Crippen LogP contribution in [0.4, 0.5) is 0 Å². The molecule has 0 aliphatic carbocycles. The van der Waals surface area contributed by atoms with E-state index in [1.54, 1.807) is 0 Å². The normalized spacial score (nSPS) is 9.62. The highest BCUT2D eigenvalue weighted by atomic mass is 32.1. The molecule has 4 nitrogen and oxygen atoms in total. The lowest BCUT2D eigenvalue weighted by Crippen LogP contribution is -2.22. The van der Waals surface area contributed by atoms with Gasteiger partial charge in [-0.05, 0) is 6.92 Å². The summed E-state index contributed by atoms with van der Waals surface area (Å²) in [5, 5.41) is 11.6. The van der Waals surface area contributed by atoms with Gasteiger partial charge in [0.05, 0.1) is 0 Å². The molecule has 1 aromatic rings. The highest BCUT2D eigenvalue weighted by molar-refractivity contribution is 7.08. The lowest BCUT2D eigenvalue weighted by molar-refractivity contribution is 0.766. The Balaban J connectivity index is 3.35. The Morgan fingerprint density at radius 3 is 2.62 bits per heavy atom. The molecule has 0 unspecified atom stereocenters. The van der Waals surface area contributed by atoms with Crippen molar-refractivity contribution in [2.45, 2.75) is 6.92 Å². The molecule has 0 saturated carbocycles. The summed E-state index contributed by atoms with van der Waals surface area (Å²) >= 11 is 1.26. The van der Waals surface area contributed by atoms with Crippen LogP contribution in [0.2, 0.25) is 0 Å². The second-order valence-electron chi connectivity index (χ2n) is 1.37. The van der Waals surface area contributed by atoms with Crippen molar-refractivity contribution in [1.29, 1.82) is 5.41 Å². The second kappa shape index (κ2) is 1.59. The summed E-state index contributed by atoms with van der Waals surface area (Å²) in [4.78, 5) is 1.34. The van der Waals surface area contributed by atoms with Gasteiger partial charge >= 0.3 is 0 Å². The molecule has 0 radical (unpaired) electrons. The maximum absolute atomic E-state index is 7.03. The molecule has 0 bridgehead atoms. The summed E-state index contributed by atoms with van der Waals surface area (Å²) in [6, 6.07) is 0. The first-order chi connectivity index (χ1) is 3.70. The quantitative estimate of drug-likeness (QED) is 0.462. The SMILES string of the molecule is Cc1nn(N)c(=N)s1. The van der Waals surface area contributed by atoms with Crippen molar-refractivity contribution in [3.63, 3.8) is 0 Å². The third kappa shape index (κ3) is 0.717. The fourth-order valence-corrected chi connectivity index (χ4v) is 0.947. The van der Waals surface area contributed by atoms with Gasteiger partial charge < -0.3 is 5.84 Å². The van der Waals surface area contributed by atoms with Crippen molar-refractivity contribution in [1.82, 2.24) is 9.89 Å². The van der Waals surface area contributed by atoms with Crippen molar-refractivity contribution >= 4 is 11.3 Å². The molecule has 3 N–H and O–H groups in total. The van der Waals surface area contributed by atoms with E-state index in [2.05, 4.69) is 5.10 Å². The second-order valence-corrected chi connectivity index (χ2v) is 2.55. The minimum Gasteiger partial charge on any atom is -0.320 e. The molecule has 5 heteroatoms. The van der Waals surface area contributed by atoms with E-state index in [1.165, 1.54) is 11.3 Å². The number of nitrogens with one attached hydrogen (secondary N) is 1. The lowest BCUT2D eigenvalue weighted by Gasteiger charge is -1.80. The van der Waals surface area contributed by atoms with Crippen LogP contribution in [-0.4, -0.2) is 9.89 Å². The standard InChI is InChI=1S/C3H6N4S/c1-2-6-7(5)3(4)8-2/h4H,5H2,1H3. The molecule has 8 heavy (non-hydrogen) atoms. The Labute approximate surface area is 50.0 Å². The third-order valence-electron chi connectivity index (χ3n) is 0.701. The molecular weight excluding hydrogens is 124 g/mol. The number of aryl methyl sites for hydroxylation is 1. The summed E-state index contributed by atoms with van der Waals surface area (Å²) in [6.07, 6.45) is 0. The number of hydrogen-bond acceptors (Lipinski definition) is 4. The number of nitrogens with two attached hydrogens (primary N) is 1. The van der Waals surface area contributed by atoms with Gasteiger partial charge in [-0.25, -0.2) is 0 Å². The van der Waals surface area contributed by atoms with Crippen LogP contribution in [0.1, 0.15) is 5.01 Å². The average molecular weight is 130 g/mol. The Kier molecular flexibility index (Phi) is 1.05. The van der Waals surface area contributed by atoms with E-state index >= 15 is 0 Å². The predicted molar refractivity (Wildman–Crippen MR) is 30.8 cm³/mol. The zero-order valence-corrected chi connectivity index (χ0v) is 5.20. The van der Waals surface area contributed by atoms with Gasteiger partial charge in [0.2, 0.25) is 4.80 Å². The van der Waals surface area contributed by atoms with Gasteiger partial charge in [0.25, 0.3) is 0 Å². The molecule has 1 rings (SSSR count). The lowest BCUT2D eigenvalue weighted by atomic mass is 10.9. The van der Waals surface area contributed by atoms with Crippen LogP contribution < -0.4 is 10.6 Å². The van der Waals surface area contributed by atoms with Gasteiger partial charge in [0.1, 0.15) is 5.01 Å². The van der Waals surface area contributed by atoms with E-state index < -0.39 is 0 Å². The van der Waals surface area contributed by atoms with E-state index in [0.29, 0.717) is 0 Å². The highest BCUT2D eigenvalue weighted by Crippen LogP contribution is 1.89. The topological polar surface area (TPSA) is 67.7 Å². The molecule has 0 fully saturated rings. The Morgan fingerprint density at radius 1 is 1.88 bits per heavy atom. The largest absolute Gasteiger partial charge is 0.320 e. The van der Waals surface area contributed by atoms with Gasteiger partial charge in [0, 0.05) is 0 Å². The first-order valence-corrected chi connectivity index (χ1v) is 2.88. The first-order valence-electron chi connectivity index (χ1n) is 2.06. The fraction of sp³-hybridized carbons (Fsp3) is 0.333. The molecule has 1 aromatic heterocycles. The Bertz CT molecular complexity index is 234.